The first kappa shape index (κ1) is 20.7. The molecule has 0 aromatic heterocycles. The van der Waals surface area contributed by atoms with Crippen LogP contribution in [0.25, 0.3) is 0 Å². The molecule has 1 aliphatic rings. The highest BCUT2D eigenvalue weighted by molar-refractivity contribution is 6.30. The van der Waals surface area contributed by atoms with Gasteiger partial charge in [0.2, 0.25) is 11.8 Å². The number of amides is 2. The first-order chi connectivity index (χ1) is 12.4. The lowest BCUT2D eigenvalue weighted by atomic mass is 9.81. The van der Waals surface area contributed by atoms with Crippen molar-refractivity contribution in [1.82, 2.24) is 15.5 Å². The van der Waals surface area contributed by atoms with E-state index in [2.05, 4.69) is 15.5 Å². The first-order valence-electron chi connectivity index (χ1n) is 8.96. The van der Waals surface area contributed by atoms with E-state index in [1.165, 1.54) is 0 Å². The Kier molecular flexibility index (Phi) is 7.87. The summed E-state index contributed by atoms with van der Waals surface area (Å²) in [6.45, 7) is 8.65. The molecule has 2 rings (SSSR count). The van der Waals surface area contributed by atoms with E-state index in [9.17, 15) is 9.59 Å². The highest BCUT2D eigenvalue weighted by Gasteiger charge is 2.24. The summed E-state index contributed by atoms with van der Waals surface area (Å²) in [7, 11) is 0. The van der Waals surface area contributed by atoms with Crippen LogP contribution >= 0.6 is 11.6 Å². The second-order valence-corrected chi connectivity index (χ2v) is 7.58. The lowest BCUT2D eigenvalue weighted by Gasteiger charge is -2.26. The van der Waals surface area contributed by atoms with Gasteiger partial charge in [0.1, 0.15) is 0 Å². The monoisotopic (exact) mass is 381 g/mol. The lowest BCUT2D eigenvalue weighted by Crippen LogP contribution is -2.44. The Labute approximate surface area is 160 Å². The van der Waals surface area contributed by atoms with Crippen molar-refractivity contribution in [2.75, 3.05) is 45.9 Å². The topological polar surface area (TPSA) is 70.7 Å². The summed E-state index contributed by atoms with van der Waals surface area (Å²) in [5, 5.41) is 6.20. The summed E-state index contributed by atoms with van der Waals surface area (Å²) in [5.74, 6) is -0.316. The predicted molar refractivity (Wildman–Crippen MR) is 102 cm³/mol. The van der Waals surface area contributed by atoms with Gasteiger partial charge in [-0.25, -0.2) is 0 Å². The van der Waals surface area contributed by atoms with Gasteiger partial charge in [-0.15, -0.1) is 0 Å². The number of hydrogen-bond acceptors (Lipinski definition) is 4. The molecule has 1 aliphatic heterocycles. The zero-order chi connectivity index (χ0) is 19.0. The molecule has 1 heterocycles. The van der Waals surface area contributed by atoms with Gasteiger partial charge < -0.3 is 15.4 Å². The van der Waals surface area contributed by atoms with E-state index in [0.717, 1.165) is 38.4 Å². The fourth-order valence-corrected chi connectivity index (χ4v) is 3.01. The Morgan fingerprint density at radius 2 is 1.77 bits per heavy atom. The molecule has 0 bridgehead atoms. The predicted octanol–water partition coefficient (Wildman–Crippen LogP) is 1.57. The first-order valence-corrected chi connectivity index (χ1v) is 9.34. The minimum atomic E-state index is -0.332. The highest BCUT2D eigenvalue weighted by Crippen LogP contribution is 2.27. The van der Waals surface area contributed by atoms with Crippen LogP contribution in [-0.4, -0.2) is 62.7 Å². The average Bonchev–Trinajstić information content (AvgIpc) is 2.61. The van der Waals surface area contributed by atoms with Crippen molar-refractivity contribution in [1.29, 1.82) is 0 Å². The van der Waals surface area contributed by atoms with Crippen molar-refractivity contribution < 1.29 is 14.3 Å². The van der Waals surface area contributed by atoms with E-state index in [1.54, 1.807) is 0 Å². The molecule has 7 heteroatoms. The molecule has 1 fully saturated rings. The van der Waals surface area contributed by atoms with Crippen molar-refractivity contribution in [3.05, 3.63) is 34.9 Å². The number of nitrogens with one attached hydrogen (secondary N) is 2. The molecule has 144 valence electrons. The molecule has 0 atom stereocenters. The molecule has 6 nitrogen and oxygen atoms in total. The Morgan fingerprint density at radius 1 is 1.12 bits per heavy atom. The molecule has 2 amide bonds. The Balaban J connectivity index is 1.66. The van der Waals surface area contributed by atoms with E-state index in [1.807, 2.05) is 38.1 Å². The maximum atomic E-state index is 12.2. The van der Waals surface area contributed by atoms with Crippen LogP contribution in [0, 0.1) is 0 Å². The molecule has 1 aromatic rings. The van der Waals surface area contributed by atoms with E-state index in [0.29, 0.717) is 18.0 Å². The molecule has 0 aliphatic carbocycles. The molecule has 26 heavy (non-hydrogen) atoms. The minimum absolute atomic E-state index is 0.00135. The number of benzene rings is 1. The zero-order valence-electron chi connectivity index (χ0n) is 15.5. The molecule has 0 radical (unpaired) electrons. The number of nitrogens with zero attached hydrogens (tertiary/aromatic N) is 1. The molecule has 2 N–H and O–H groups in total. The Bertz CT molecular complexity index is 599. The molecule has 0 saturated carbocycles. The fraction of sp³-hybridized carbons (Fsp3) is 0.579. The van der Waals surface area contributed by atoms with Crippen molar-refractivity contribution in [2.24, 2.45) is 0 Å². The summed E-state index contributed by atoms with van der Waals surface area (Å²) in [6.07, 6.45) is 0.301. The van der Waals surface area contributed by atoms with Crippen LogP contribution < -0.4 is 10.6 Å². The number of hydrogen-bond donors (Lipinski definition) is 2. The van der Waals surface area contributed by atoms with Crippen LogP contribution in [0.5, 0.6) is 0 Å². The van der Waals surface area contributed by atoms with Gasteiger partial charge in [0.15, 0.2) is 0 Å². The third kappa shape index (κ3) is 6.94. The molecule has 1 saturated heterocycles. The third-order valence-electron chi connectivity index (χ3n) is 4.53. The van der Waals surface area contributed by atoms with Gasteiger partial charge in [0.25, 0.3) is 0 Å². The Morgan fingerprint density at radius 3 is 2.42 bits per heavy atom. The largest absolute Gasteiger partial charge is 0.379 e. The molecule has 0 spiro atoms. The minimum Gasteiger partial charge on any atom is -0.379 e. The molecular weight excluding hydrogens is 354 g/mol. The SMILES string of the molecule is CC(C)(CC(=O)NCC(=O)NCCN1CCOCC1)c1ccc(Cl)cc1. The van der Waals surface area contributed by atoms with Gasteiger partial charge in [0, 0.05) is 37.6 Å². The third-order valence-corrected chi connectivity index (χ3v) is 4.78. The summed E-state index contributed by atoms with van der Waals surface area (Å²) >= 11 is 5.91. The Hall–Kier alpha value is -1.63. The second kappa shape index (κ2) is 9.90. The van der Waals surface area contributed by atoms with Gasteiger partial charge in [-0.3, -0.25) is 14.5 Å². The molecule has 0 unspecified atom stereocenters. The summed E-state index contributed by atoms with van der Waals surface area (Å²) in [5.41, 5.74) is 0.702. The lowest BCUT2D eigenvalue weighted by molar-refractivity contribution is -0.126. The van der Waals surface area contributed by atoms with E-state index >= 15 is 0 Å². The summed E-state index contributed by atoms with van der Waals surface area (Å²) in [4.78, 5) is 26.3. The van der Waals surface area contributed by atoms with Crippen LogP contribution in [0.2, 0.25) is 5.02 Å². The van der Waals surface area contributed by atoms with Crippen LogP contribution in [0.15, 0.2) is 24.3 Å². The second-order valence-electron chi connectivity index (χ2n) is 7.15. The number of halogens is 1. The van der Waals surface area contributed by atoms with Crippen LogP contribution in [0.4, 0.5) is 0 Å². The standard InChI is InChI=1S/C19H28ClN3O3/c1-19(2,15-3-5-16(20)6-4-15)13-17(24)22-14-18(25)21-7-8-23-9-11-26-12-10-23/h3-6H,7-14H2,1-2H3,(H,21,25)(H,22,24). The van der Waals surface area contributed by atoms with Gasteiger partial charge in [-0.1, -0.05) is 37.6 Å². The maximum absolute atomic E-state index is 12.2. The maximum Gasteiger partial charge on any atom is 0.239 e. The zero-order valence-corrected chi connectivity index (χ0v) is 16.3. The summed E-state index contributed by atoms with van der Waals surface area (Å²) in [6, 6.07) is 7.48. The van der Waals surface area contributed by atoms with E-state index < -0.39 is 0 Å². The normalized spacial score (nSPS) is 15.5. The van der Waals surface area contributed by atoms with Crippen LogP contribution in [0.1, 0.15) is 25.8 Å². The number of rotatable bonds is 8. The number of carbonyl (C=O) groups is 2. The van der Waals surface area contributed by atoms with Crippen LogP contribution in [0.3, 0.4) is 0 Å². The van der Waals surface area contributed by atoms with Crippen molar-refractivity contribution in [3.63, 3.8) is 0 Å². The quantitative estimate of drug-likeness (QED) is 0.717. The average molecular weight is 382 g/mol. The summed E-state index contributed by atoms with van der Waals surface area (Å²) < 4.78 is 5.29. The van der Waals surface area contributed by atoms with Gasteiger partial charge in [-0.2, -0.15) is 0 Å². The fourth-order valence-electron chi connectivity index (χ4n) is 2.89. The van der Waals surface area contributed by atoms with E-state index in [-0.39, 0.29) is 23.8 Å². The highest BCUT2D eigenvalue weighted by atomic mass is 35.5. The van der Waals surface area contributed by atoms with Gasteiger partial charge in [-0.05, 0) is 23.1 Å². The van der Waals surface area contributed by atoms with E-state index in [4.69, 9.17) is 16.3 Å². The van der Waals surface area contributed by atoms with Gasteiger partial charge >= 0.3 is 0 Å². The number of morpholine rings is 1. The van der Waals surface area contributed by atoms with Crippen molar-refractivity contribution in [2.45, 2.75) is 25.7 Å². The number of ether oxygens (including phenoxy) is 1. The van der Waals surface area contributed by atoms with Crippen molar-refractivity contribution in [3.8, 4) is 0 Å². The number of carbonyl (C=O) groups excluding carboxylic acids is 2. The molecular formula is C19H28ClN3O3. The smallest absolute Gasteiger partial charge is 0.239 e. The molecule has 1 aromatic carbocycles. The van der Waals surface area contributed by atoms with Crippen LogP contribution in [-0.2, 0) is 19.7 Å². The van der Waals surface area contributed by atoms with Gasteiger partial charge in [0.05, 0.1) is 19.8 Å². The van der Waals surface area contributed by atoms with Crippen molar-refractivity contribution >= 4 is 23.4 Å².